The van der Waals surface area contributed by atoms with Crippen LogP contribution in [0.3, 0.4) is 0 Å². The lowest BCUT2D eigenvalue weighted by molar-refractivity contribution is -0.139. The van der Waals surface area contributed by atoms with Crippen molar-refractivity contribution in [1.82, 2.24) is 10.2 Å². The number of hydrogen-bond donors (Lipinski definition) is 1. The van der Waals surface area contributed by atoms with Crippen LogP contribution in [0.15, 0.2) is 0 Å². The van der Waals surface area contributed by atoms with E-state index in [1.807, 2.05) is 13.8 Å². The second-order valence-electron chi connectivity index (χ2n) is 6.03. The summed E-state index contributed by atoms with van der Waals surface area (Å²) in [6.07, 6.45) is 4.77. The molecule has 1 heterocycles. The second-order valence-corrected chi connectivity index (χ2v) is 6.03. The number of ether oxygens (including phenoxy) is 1. The van der Waals surface area contributed by atoms with E-state index in [0.717, 1.165) is 38.6 Å². The summed E-state index contributed by atoms with van der Waals surface area (Å²) in [5.74, 6) is 0.384. The van der Waals surface area contributed by atoms with E-state index in [0.29, 0.717) is 13.2 Å². The highest BCUT2D eigenvalue weighted by atomic mass is 16.5. The minimum absolute atomic E-state index is 0.000969. The molecule has 0 radical (unpaired) electrons. The molecule has 1 N–H and O–H groups in total. The standard InChI is InChI=1S/C15H26N2O3/c1-11(2)20-10-4-8-16-14(18)13-5-3-9-17(13)15(19)12-6-7-12/h11-13H,3-10H2,1-2H3,(H,16,18)/t13-/m0/s1. The summed E-state index contributed by atoms with van der Waals surface area (Å²) in [5, 5.41) is 2.93. The second kappa shape index (κ2) is 7.07. The topological polar surface area (TPSA) is 58.6 Å². The van der Waals surface area contributed by atoms with E-state index in [2.05, 4.69) is 5.32 Å². The van der Waals surface area contributed by atoms with Crippen LogP contribution < -0.4 is 5.32 Å². The quantitative estimate of drug-likeness (QED) is 0.716. The average Bonchev–Trinajstić information content (AvgIpc) is 3.14. The van der Waals surface area contributed by atoms with Crippen LogP contribution in [0.2, 0.25) is 0 Å². The molecule has 1 aliphatic heterocycles. The lowest BCUT2D eigenvalue weighted by Gasteiger charge is -2.24. The van der Waals surface area contributed by atoms with Crippen molar-refractivity contribution in [3.05, 3.63) is 0 Å². The van der Waals surface area contributed by atoms with Crippen LogP contribution in [0.4, 0.5) is 0 Å². The van der Waals surface area contributed by atoms with Crippen molar-refractivity contribution in [2.75, 3.05) is 19.7 Å². The zero-order chi connectivity index (χ0) is 14.5. The maximum atomic E-state index is 12.2. The molecule has 0 bridgehead atoms. The Balaban J connectivity index is 1.69. The van der Waals surface area contributed by atoms with Gasteiger partial charge in [-0.1, -0.05) is 0 Å². The molecule has 0 aromatic heterocycles. The average molecular weight is 282 g/mol. The van der Waals surface area contributed by atoms with Gasteiger partial charge in [-0.05, 0) is 46.0 Å². The van der Waals surface area contributed by atoms with Gasteiger partial charge in [0.1, 0.15) is 6.04 Å². The Morgan fingerprint density at radius 3 is 2.70 bits per heavy atom. The molecule has 114 valence electrons. The number of amides is 2. The van der Waals surface area contributed by atoms with Crippen LogP contribution in [-0.4, -0.2) is 48.6 Å². The number of rotatable bonds is 7. The van der Waals surface area contributed by atoms with Crippen molar-refractivity contribution < 1.29 is 14.3 Å². The summed E-state index contributed by atoms with van der Waals surface area (Å²) >= 11 is 0. The summed E-state index contributed by atoms with van der Waals surface area (Å²) in [7, 11) is 0. The highest BCUT2D eigenvalue weighted by Crippen LogP contribution is 2.33. The molecule has 0 unspecified atom stereocenters. The molecule has 1 aliphatic carbocycles. The first kappa shape index (κ1) is 15.3. The molecule has 20 heavy (non-hydrogen) atoms. The van der Waals surface area contributed by atoms with Crippen molar-refractivity contribution >= 4 is 11.8 Å². The van der Waals surface area contributed by atoms with Gasteiger partial charge in [-0.15, -0.1) is 0 Å². The highest BCUT2D eigenvalue weighted by Gasteiger charge is 2.40. The maximum Gasteiger partial charge on any atom is 0.242 e. The fraction of sp³-hybridized carbons (Fsp3) is 0.867. The number of likely N-dealkylation sites (tertiary alicyclic amines) is 1. The van der Waals surface area contributed by atoms with Crippen LogP contribution in [0.1, 0.15) is 46.0 Å². The van der Waals surface area contributed by atoms with E-state index >= 15 is 0 Å². The third-order valence-electron chi connectivity index (χ3n) is 3.84. The number of nitrogens with one attached hydrogen (secondary N) is 1. The van der Waals surface area contributed by atoms with E-state index in [9.17, 15) is 9.59 Å². The van der Waals surface area contributed by atoms with Crippen LogP contribution in [0, 0.1) is 5.92 Å². The monoisotopic (exact) mass is 282 g/mol. The number of nitrogens with zero attached hydrogens (tertiary/aromatic N) is 1. The molecule has 0 aromatic carbocycles. The van der Waals surface area contributed by atoms with E-state index in [1.54, 1.807) is 4.90 Å². The van der Waals surface area contributed by atoms with Crippen molar-refractivity contribution in [1.29, 1.82) is 0 Å². The first-order chi connectivity index (χ1) is 9.59. The van der Waals surface area contributed by atoms with Crippen molar-refractivity contribution in [3.63, 3.8) is 0 Å². The molecule has 1 atom stereocenters. The largest absolute Gasteiger partial charge is 0.379 e. The van der Waals surface area contributed by atoms with Gasteiger partial charge in [0, 0.05) is 25.6 Å². The van der Waals surface area contributed by atoms with Gasteiger partial charge in [0.15, 0.2) is 0 Å². The fourth-order valence-corrected chi connectivity index (χ4v) is 2.59. The molecule has 5 heteroatoms. The minimum Gasteiger partial charge on any atom is -0.379 e. The summed E-state index contributed by atoms with van der Waals surface area (Å²) < 4.78 is 5.43. The van der Waals surface area contributed by atoms with Gasteiger partial charge in [0.05, 0.1) is 6.10 Å². The highest BCUT2D eigenvalue weighted by molar-refractivity contribution is 5.89. The Morgan fingerprint density at radius 1 is 1.30 bits per heavy atom. The molecule has 0 aromatic rings. The molecule has 1 saturated carbocycles. The molecule has 5 nitrogen and oxygen atoms in total. The third-order valence-corrected chi connectivity index (χ3v) is 3.84. The minimum atomic E-state index is -0.242. The van der Waals surface area contributed by atoms with Gasteiger partial charge in [-0.3, -0.25) is 9.59 Å². The van der Waals surface area contributed by atoms with E-state index in [-0.39, 0.29) is 29.9 Å². The third kappa shape index (κ3) is 4.20. The molecule has 2 rings (SSSR count). The Bertz CT molecular complexity index is 353. The van der Waals surface area contributed by atoms with Gasteiger partial charge in [-0.2, -0.15) is 0 Å². The predicted octanol–water partition coefficient (Wildman–Crippen LogP) is 1.32. The van der Waals surface area contributed by atoms with Crippen LogP contribution in [-0.2, 0) is 14.3 Å². The summed E-state index contributed by atoms with van der Waals surface area (Å²) in [6, 6.07) is -0.242. The summed E-state index contributed by atoms with van der Waals surface area (Å²) in [5.41, 5.74) is 0. The molecular formula is C15H26N2O3. The smallest absolute Gasteiger partial charge is 0.242 e. The van der Waals surface area contributed by atoms with Gasteiger partial charge in [0.25, 0.3) is 0 Å². The molecule has 2 fully saturated rings. The molecular weight excluding hydrogens is 256 g/mol. The lowest BCUT2D eigenvalue weighted by atomic mass is 10.2. The van der Waals surface area contributed by atoms with Gasteiger partial charge < -0.3 is 15.0 Å². The number of hydrogen-bond acceptors (Lipinski definition) is 3. The summed E-state index contributed by atoms with van der Waals surface area (Å²) in [4.78, 5) is 26.0. The molecule has 2 aliphatic rings. The normalized spacial score (nSPS) is 22.4. The van der Waals surface area contributed by atoms with E-state index in [4.69, 9.17) is 4.74 Å². The fourth-order valence-electron chi connectivity index (χ4n) is 2.59. The van der Waals surface area contributed by atoms with E-state index in [1.165, 1.54) is 0 Å². The number of carbonyl (C=O) groups excluding carboxylic acids is 2. The maximum absolute atomic E-state index is 12.2. The predicted molar refractivity (Wildman–Crippen MR) is 76.2 cm³/mol. The SMILES string of the molecule is CC(C)OCCCNC(=O)[C@@H]1CCCN1C(=O)C1CC1. The van der Waals surface area contributed by atoms with Crippen molar-refractivity contribution in [3.8, 4) is 0 Å². The molecule has 0 spiro atoms. The van der Waals surface area contributed by atoms with Gasteiger partial charge in [0.2, 0.25) is 11.8 Å². The van der Waals surface area contributed by atoms with E-state index < -0.39 is 0 Å². The Hall–Kier alpha value is -1.10. The summed E-state index contributed by atoms with van der Waals surface area (Å²) in [6.45, 7) is 6.02. The first-order valence-electron chi connectivity index (χ1n) is 7.79. The zero-order valence-electron chi connectivity index (χ0n) is 12.6. The zero-order valence-corrected chi connectivity index (χ0v) is 12.6. The number of carbonyl (C=O) groups is 2. The lowest BCUT2D eigenvalue weighted by Crippen LogP contribution is -2.46. The van der Waals surface area contributed by atoms with Gasteiger partial charge >= 0.3 is 0 Å². The molecule has 1 saturated heterocycles. The van der Waals surface area contributed by atoms with Gasteiger partial charge in [-0.25, -0.2) is 0 Å². The van der Waals surface area contributed by atoms with Crippen molar-refractivity contribution in [2.45, 2.75) is 58.1 Å². The Labute approximate surface area is 121 Å². The first-order valence-corrected chi connectivity index (χ1v) is 7.79. The van der Waals surface area contributed by atoms with Crippen molar-refractivity contribution in [2.24, 2.45) is 5.92 Å². The Morgan fingerprint density at radius 2 is 2.05 bits per heavy atom. The van der Waals surface area contributed by atoms with Crippen LogP contribution in [0.5, 0.6) is 0 Å². The van der Waals surface area contributed by atoms with Crippen LogP contribution >= 0.6 is 0 Å². The van der Waals surface area contributed by atoms with Crippen LogP contribution in [0.25, 0.3) is 0 Å². The Kier molecular flexibility index (Phi) is 5.40. The molecule has 2 amide bonds.